The van der Waals surface area contributed by atoms with Crippen LogP contribution in [-0.2, 0) is 9.53 Å². The molecule has 1 aliphatic carbocycles. The fourth-order valence-corrected chi connectivity index (χ4v) is 3.45. The van der Waals surface area contributed by atoms with Crippen LogP contribution in [0.5, 0.6) is 0 Å². The molecule has 1 amide bonds. The fourth-order valence-electron chi connectivity index (χ4n) is 3.45. The number of benzene rings is 1. The number of nitrogens with one attached hydrogen (secondary N) is 1. The van der Waals surface area contributed by atoms with E-state index in [1.807, 2.05) is 0 Å². The third kappa shape index (κ3) is 3.86. The number of hydrogen-bond donors (Lipinski definition) is 1. The van der Waals surface area contributed by atoms with Crippen LogP contribution in [0, 0.1) is 10.1 Å². The van der Waals surface area contributed by atoms with Gasteiger partial charge in [-0.25, -0.2) is 0 Å². The second-order valence-electron chi connectivity index (χ2n) is 6.05. The molecule has 1 saturated heterocycles. The molecule has 7 nitrogen and oxygen atoms in total. The van der Waals surface area contributed by atoms with E-state index in [2.05, 4.69) is 10.2 Å². The monoisotopic (exact) mass is 319 g/mol. The number of ether oxygens (including phenoxy) is 1. The number of nitrogens with zero attached hydrogens (tertiary/aromatic N) is 2. The molecule has 1 aromatic rings. The lowest BCUT2D eigenvalue weighted by Crippen LogP contribution is -2.49. The van der Waals surface area contributed by atoms with Gasteiger partial charge < -0.3 is 10.1 Å². The molecule has 0 radical (unpaired) electrons. The number of hydrogen-bond acceptors (Lipinski definition) is 5. The minimum atomic E-state index is -0.469. The fraction of sp³-hybridized carbons (Fsp3) is 0.562. The van der Waals surface area contributed by atoms with E-state index in [9.17, 15) is 14.9 Å². The lowest BCUT2D eigenvalue weighted by Gasteiger charge is -2.37. The van der Waals surface area contributed by atoms with Crippen molar-refractivity contribution < 1.29 is 14.5 Å². The van der Waals surface area contributed by atoms with Crippen LogP contribution in [0.2, 0.25) is 0 Å². The summed E-state index contributed by atoms with van der Waals surface area (Å²) in [5.74, 6) is -0.119. The highest BCUT2D eigenvalue weighted by molar-refractivity contribution is 5.91. The van der Waals surface area contributed by atoms with Crippen LogP contribution < -0.4 is 5.32 Å². The highest BCUT2D eigenvalue weighted by Crippen LogP contribution is 2.29. The second-order valence-corrected chi connectivity index (χ2v) is 6.05. The van der Waals surface area contributed by atoms with Gasteiger partial charge in [0.1, 0.15) is 0 Å². The van der Waals surface area contributed by atoms with Gasteiger partial charge in [-0.15, -0.1) is 0 Å². The molecule has 1 heterocycles. The van der Waals surface area contributed by atoms with Gasteiger partial charge in [-0.1, -0.05) is 6.07 Å². The first-order valence-electron chi connectivity index (χ1n) is 8.03. The van der Waals surface area contributed by atoms with Crippen LogP contribution in [0.4, 0.5) is 11.4 Å². The van der Waals surface area contributed by atoms with Crippen molar-refractivity contribution in [2.75, 3.05) is 25.0 Å². The Bertz CT molecular complexity index is 592. The number of amides is 1. The number of rotatable bonds is 5. The van der Waals surface area contributed by atoms with Crippen molar-refractivity contribution in [3.63, 3.8) is 0 Å². The quantitative estimate of drug-likeness (QED) is 0.664. The summed E-state index contributed by atoms with van der Waals surface area (Å²) >= 11 is 0. The number of fused-ring (bicyclic) bond motifs is 1. The molecule has 124 valence electrons. The molecule has 3 rings (SSSR count). The van der Waals surface area contributed by atoms with E-state index in [-0.39, 0.29) is 11.6 Å². The van der Waals surface area contributed by atoms with Crippen LogP contribution in [0.25, 0.3) is 0 Å². The average molecular weight is 319 g/mol. The predicted octanol–water partition coefficient (Wildman–Crippen LogP) is 2.18. The lowest BCUT2D eigenvalue weighted by molar-refractivity contribution is -0.384. The number of morpholine rings is 1. The van der Waals surface area contributed by atoms with Crippen LogP contribution in [-0.4, -0.2) is 47.6 Å². The topological polar surface area (TPSA) is 84.7 Å². The molecule has 1 aromatic carbocycles. The van der Waals surface area contributed by atoms with E-state index in [1.165, 1.54) is 18.6 Å². The summed E-state index contributed by atoms with van der Waals surface area (Å²) in [5.41, 5.74) is 0.440. The third-order valence-electron chi connectivity index (χ3n) is 4.56. The molecular formula is C16H21N3O4. The van der Waals surface area contributed by atoms with Crippen molar-refractivity contribution in [3.8, 4) is 0 Å². The van der Waals surface area contributed by atoms with E-state index < -0.39 is 4.92 Å². The lowest BCUT2D eigenvalue weighted by atomic mass is 10.1. The van der Waals surface area contributed by atoms with Crippen molar-refractivity contribution in [1.82, 2.24) is 4.90 Å². The number of carbonyl (C=O) groups excluding carboxylic acids is 1. The van der Waals surface area contributed by atoms with Gasteiger partial charge in [-0.05, 0) is 25.3 Å². The summed E-state index contributed by atoms with van der Waals surface area (Å²) in [7, 11) is 0. The molecule has 2 fully saturated rings. The maximum atomic E-state index is 12.1. The Labute approximate surface area is 134 Å². The number of nitro groups is 1. The van der Waals surface area contributed by atoms with Crippen LogP contribution in [0.15, 0.2) is 24.3 Å². The van der Waals surface area contributed by atoms with Gasteiger partial charge in [0.2, 0.25) is 5.91 Å². The highest BCUT2D eigenvalue weighted by Gasteiger charge is 2.35. The van der Waals surface area contributed by atoms with Crippen LogP contribution in [0.3, 0.4) is 0 Å². The maximum Gasteiger partial charge on any atom is 0.271 e. The molecule has 1 N–H and O–H groups in total. The SMILES string of the molecule is O=C(CCN1CCO[C@H]2CCC[C@@H]21)Nc1cccc([N+](=O)[O-])c1. The Morgan fingerprint density at radius 2 is 2.30 bits per heavy atom. The molecular weight excluding hydrogens is 298 g/mol. The number of anilines is 1. The van der Waals surface area contributed by atoms with Crippen molar-refractivity contribution >= 4 is 17.3 Å². The van der Waals surface area contributed by atoms with Crippen molar-refractivity contribution in [3.05, 3.63) is 34.4 Å². The first-order valence-corrected chi connectivity index (χ1v) is 8.03. The summed E-state index contributed by atoms with van der Waals surface area (Å²) in [6.07, 6.45) is 4.14. The zero-order valence-corrected chi connectivity index (χ0v) is 12.9. The molecule has 0 unspecified atom stereocenters. The maximum absolute atomic E-state index is 12.1. The standard InChI is InChI=1S/C16H21N3O4/c20-16(17-12-3-1-4-13(11-12)19(21)22)7-8-18-9-10-23-15-6-2-5-14(15)18/h1,3-4,11,14-15H,2,5-10H2,(H,17,20)/t14-,15-/m0/s1. The predicted molar refractivity (Wildman–Crippen MR) is 85.3 cm³/mol. The molecule has 7 heteroatoms. The van der Waals surface area contributed by atoms with Crippen molar-refractivity contribution in [2.24, 2.45) is 0 Å². The van der Waals surface area contributed by atoms with E-state index in [1.54, 1.807) is 12.1 Å². The summed E-state index contributed by atoms with van der Waals surface area (Å²) in [5, 5.41) is 13.5. The van der Waals surface area contributed by atoms with Gasteiger partial charge in [-0.3, -0.25) is 19.8 Å². The summed E-state index contributed by atoms with van der Waals surface area (Å²) in [4.78, 5) is 24.7. The van der Waals surface area contributed by atoms with Gasteiger partial charge in [0, 0.05) is 43.4 Å². The van der Waals surface area contributed by atoms with E-state index in [4.69, 9.17) is 4.74 Å². The van der Waals surface area contributed by atoms with Gasteiger partial charge in [0.05, 0.1) is 17.6 Å². The van der Waals surface area contributed by atoms with E-state index in [0.29, 0.717) is 30.8 Å². The summed E-state index contributed by atoms with van der Waals surface area (Å²) in [6, 6.07) is 6.45. The molecule has 2 aliphatic rings. The number of non-ortho nitro benzene ring substituents is 1. The molecule has 0 aromatic heterocycles. The molecule has 0 spiro atoms. The Balaban J connectivity index is 1.51. The Morgan fingerprint density at radius 3 is 3.13 bits per heavy atom. The minimum absolute atomic E-state index is 0.0234. The smallest absolute Gasteiger partial charge is 0.271 e. The van der Waals surface area contributed by atoms with Gasteiger partial charge >= 0.3 is 0 Å². The molecule has 1 aliphatic heterocycles. The summed E-state index contributed by atoms with van der Waals surface area (Å²) in [6.45, 7) is 2.30. The third-order valence-corrected chi connectivity index (χ3v) is 4.56. The Morgan fingerprint density at radius 1 is 1.43 bits per heavy atom. The van der Waals surface area contributed by atoms with Crippen LogP contribution in [0.1, 0.15) is 25.7 Å². The van der Waals surface area contributed by atoms with Crippen molar-refractivity contribution in [1.29, 1.82) is 0 Å². The Hall–Kier alpha value is -1.99. The normalized spacial score (nSPS) is 24.2. The Kier molecular flexibility index (Phi) is 4.88. The van der Waals surface area contributed by atoms with Crippen molar-refractivity contribution in [2.45, 2.75) is 37.8 Å². The second kappa shape index (κ2) is 7.06. The van der Waals surface area contributed by atoms with E-state index >= 15 is 0 Å². The molecule has 2 atom stereocenters. The first-order chi connectivity index (χ1) is 11.1. The average Bonchev–Trinajstić information content (AvgIpc) is 3.02. The van der Waals surface area contributed by atoms with Gasteiger partial charge in [0.15, 0.2) is 0 Å². The summed E-state index contributed by atoms with van der Waals surface area (Å²) < 4.78 is 5.76. The zero-order valence-electron chi connectivity index (χ0n) is 12.9. The van der Waals surface area contributed by atoms with Gasteiger partial charge in [-0.2, -0.15) is 0 Å². The first kappa shape index (κ1) is 15.9. The largest absolute Gasteiger partial charge is 0.375 e. The molecule has 23 heavy (non-hydrogen) atoms. The van der Waals surface area contributed by atoms with Crippen LogP contribution >= 0.6 is 0 Å². The van der Waals surface area contributed by atoms with Gasteiger partial charge in [0.25, 0.3) is 5.69 Å². The number of nitro benzene ring substituents is 1. The molecule has 1 saturated carbocycles. The number of carbonyl (C=O) groups is 1. The van der Waals surface area contributed by atoms with E-state index in [0.717, 1.165) is 26.0 Å². The molecule has 0 bridgehead atoms. The minimum Gasteiger partial charge on any atom is -0.375 e. The zero-order chi connectivity index (χ0) is 16.2. The highest BCUT2D eigenvalue weighted by atomic mass is 16.6.